The number of ether oxygens (including phenoxy) is 1. The molecule has 2 N–H and O–H groups in total. The first-order chi connectivity index (χ1) is 8.17. The van der Waals surface area contributed by atoms with Crippen LogP contribution < -0.4 is 15.4 Å². The molecule has 0 aliphatic carbocycles. The topological polar surface area (TPSA) is 38.5 Å². The lowest BCUT2D eigenvalue weighted by Crippen LogP contribution is -2.29. The van der Waals surface area contributed by atoms with Crippen molar-refractivity contribution >= 4 is 5.69 Å². The maximum absolute atomic E-state index is 5.58. The molecule has 96 valence electrons. The zero-order valence-electron chi connectivity index (χ0n) is 11.1. The molecular formula is C14H24N2O. The lowest BCUT2D eigenvalue weighted by atomic mass is 10.1. The standard InChI is InChI=1S/C14H24N2O/c1-12(2)11-16(10-4-9-15)13-5-7-14(17-3)8-6-13/h5-8,12H,4,9-11,15H2,1-3H3. The molecule has 1 aromatic carbocycles. The molecule has 0 aromatic heterocycles. The van der Waals surface area contributed by atoms with Gasteiger partial charge < -0.3 is 15.4 Å². The fourth-order valence-electron chi connectivity index (χ4n) is 1.84. The summed E-state index contributed by atoms with van der Waals surface area (Å²) in [5.41, 5.74) is 6.83. The van der Waals surface area contributed by atoms with Crippen LogP contribution in [-0.2, 0) is 0 Å². The van der Waals surface area contributed by atoms with Crippen molar-refractivity contribution in [2.45, 2.75) is 20.3 Å². The fourth-order valence-corrected chi connectivity index (χ4v) is 1.84. The molecule has 0 saturated carbocycles. The highest BCUT2D eigenvalue weighted by molar-refractivity contribution is 5.49. The third-order valence-corrected chi connectivity index (χ3v) is 2.66. The Morgan fingerprint density at radius 3 is 2.35 bits per heavy atom. The van der Waals surface area contributed by atoms with E-state index in [0.717, 1.165) is 31.8 Å². The van der Waals surface area contributed by atoms with Crippen molar-refractivity contribution in [3.8, 4) is 5.75 Å². The summed E-state index contributed by atoms with van der Waals surface area (Å²) < 4.78 is 5.17. The van der Waals surface area contributed by atoms with Gasteiger partial charge in [0.1, 0.15) is 5.75 Å². The van der Waals surface area contributed by atoms with Crippen molar-refractivity contribution in [1.82, 2.24) is 0 Å². The van der Waals surface area contributed by atoms with Gasteiger partial charge in [0.25, 0.3) is 0 Å². The molecule has 3 heteroatoms. The summed E-state index contributed by atoms with van der Waals surface area (Å²) in [6.07, 6.45) is 1.03. The summed E-state index contributed by atoms with van der Waals surface area (Å²) in [5, 5.41) is 0. The zero-order chi connectivity index (χ0) is 12.7. The van der Waals surface area contributed by atoms with Crippen LogP contribution in [0.5, 0.6) is 5.75 Å². The smallest absolute Gasteiger partial charge is 0.119 e. The molecule has 0 radical (unpaired) electrons. The van der Waals surface area contributed by atoms with Gasteiger partial charge in [-0.1, -0.05) is 13.8 Å². The summed E-state index contributed by atoms with van der Waals surface area (Å²) >= 11 is 0. The molecular weight excluding hydrogens is 212 g/mol. The van der Waals surface area contributed by atoms with E-state index in [2.05, 4.69) is 30.9 Å². The maximum Gasteiger partial charge on any atom is 0.119 e. The van der Waals surface area contributed by atoms with E-state index in [1.165, 1.54) is 5.69 Å². The van der Waals surface area contributed by atoms with Crippen LogP contribution in [0.15, 0.2) is 24.3 Å². The number of methoxy groups -OCH3 is 1. The van der Waals surface area contributed by atoms with Crippen LogP contribution in [0, 0.1) is 5.92 Å². The molecule has 1 aromatic rings. The van der Waals surface area contributed by atoms with E-state index in [1.807, 2.05) is 12.1 Å². The number of hydrogen-bond donors (Lipinski definition) is 1. The Hall–Kier alpha value is -1.22. The predicted octanol–water partition coefficient (Wildman–Crippen LogP) is 2.51. The molecule has 0 bridgehead atoms. The highest BCUT2D eigenvalue weighted by atomic mass is 16.5. The van der Waals surface area contributed by atoms with E-state index in [-0.39, 0.29) is 0 Å². The van der Waals surface area contributed by atoms with E-state index in [0.29, 0.717) is 5.92 Å². The number of nitrogens with two attached hydrogens (primary N) is 1. The largest absolute Gasteiger partial charge is 0.497 e. The first-order valence-electron chi connectivity index (χ1n) is 6.26. The Balaban J connectivity index is 2.72. The van der Waals surface area contributed by atoms with Crippen molar-refractivity contribution in [2.24, 2.45) is 11.7 Å². The molecule has 0 heterocycles. The molecule has 3 nitrogen and oxygen atoms in total. The summed E-state index contributed by atoms with van der Waals surface area (Å²) in [5.74, 6) is 1.55. The van der Waals surface area contributed by atoms with E-state index in [1.54, 1.807) is 7.11 Å². The first-order valence-corrected chi connectivity index (χ1v) is 6.26. The van der Waals surface area contributed by atoms with Crippen molar-refractivity contribution in [3.05, 3.63) is 24.3 Å². The normalized spacial score (nSPS) is 10.6. The molecule has 0 amide bonds. The second-order valence-corrected chi connectivity index (χ2v) is 4.68. The Labute approximate surface area is 105 Å². The number of anilines is 1. The first kappa shape index (κ1) is 13.8. The third-order valence-electron chi connectivity index (χ3n) is 2.66. The molecule has 0 fully saturated rings. The minimum Gasteiger partial charge on any atom is -0.497 e. The highest BCUT2D eigenvalue weighted by Crippen LogP contribution is 2.20. The molecule has 17 heavy (non-hydrogen) atoms. The van der Waals surface area contributed by atoms with Gasteiger partial charge in [0.2, 0.25) is 0 Å². The summed E-state index contributed by atoms with van der Waals surface area (Å²) in [6.45, 7) is 7.29. The van der Waals surface area contributed by atoms with E-state index in [9.17, 15) is 0 Å². The summed E-state index contributed by atoms with van der Waals surface area (Å²) in [4.78, 5) is 2.39. The minimum absolute atomic E-state index is 0.648. The van der Waals surface area contributed by atoms with Crippen LogP contribution in [-0.4, -0.2) is 26.7 Å². The van der Waals surface area contributed by atoms with Gasteiger partial charge >= 0.3 is 0 Å². The molecule has 0 unspecified atom stereocenters. The van der Waals surface area contributed by atoms with Crippen LogP contribution in [0.4, 0.5) is 5.69 Å². The van der Waals surface area contributed by atoms with Crippen molar-refractivity contribution in [1.29, 1.82) is 0 Å². The zero-order valence-corrected chi connectivity index (χ0v) is 11.1. The average molecular weight is 236 g/mol. The minimum atomic E-state index is 0.648. The Morgan fingerprint density at radius 1 is 1.24 bits per heavy atom. The van der Waals surface area contributed by atoms with E-state index < -0.39 is 0 Å². The van der Waals surface area contributed by atoms with Crippen molar-refractivity contribution in [2.75, 3.05) is 31.6 Å². The van der Waals surface area contributed by atoms with Gasteiger partial charge in [-0.05, 0) is 43.1 Å². The number of rotatable bonds is 7. The Kier molecular flexibility index (Phi) is 5.84. The Morgan fingerprint density at radius 2 is 1.88 bits per heavy atom. The van der Waals surface area contributed by atoms with Crippen molar-refractivity contribution in [3.63, 3.8) is 0 Å². The second-order valence-electron chi connectivity index (χ2n) is 4.68. The van der Waals surface area contributed by atoms with Gasteiger partial charge in [0.15, 0.2) is 0 Å². The van der Waals surface area contributed by atoms with Gasteiger partial charge in [-0.15, -0.1) is 0 Å². The fraction of sp³-hybridized carbons (Fsp3) is 0.571. The lowest BCUT2D eigenvalue weighted by molar-refractivity contribution is 0.415. The molecule has 0 spiro atoms. The number of hydrogen-bond acceptors (Lipinski definition) is 3. The molecule has 0 saturated heterocycles. The molecule has 0 atom stereocenters. The highest BCUT2D eigenvalue weighted by Gasteiger charge is 2.08. The SMILES string of the molecule is COc1ccc(N(CCCN)CC(C)C)cc1. The molecule has 0 aliphatic heterocycles. The monoisotopic (exact) mass is 236 g/mol. The van der Waals surface area contributed by atoms with Crippen molar-refractivity contribution < 1.29 is 4.74 Å². The van der Waals surface area contributed by atoms with Gasteiger partial charge in [0, 0.05) is 18.8 Å². The molecule has 1 rings (SSSR count). The van der Waals surface area contributed by atoms with Gasteiger partial charge in [-0.25, -0.2) is 0 Å². The van der Waals surface area contributed by atoms with Gasteiger partial charge in [-0.2, -0.15) is 0 Å². The third kappa shape index (κ3) is 4.65. The van der Waals surface area contributed by atoms with Gasteiger partial charge in [0.05, 0.1) is 7.11 Å². The van der Waals surface area contributed by atoms with Crippen LogP contribution >= 0.6 is 0 Å². The summed E-state index contributed by atoms with van der Waals surface area (Å²) in [6, 6.07) is 8.23. The second kappa shape index (κ2) is 7.17. The maximum atomic E-state index is 5.58. The van der Waals surface area contributed by atoms with Crippen LogP contribution in [0.1, 0.15) is 20.3 Å². The molecule has 0 aliphatic rings. The average Bonchev–Trinajstić information content (AvgIpc) is 2.34. The lowest BCUT2D eigenvalue weighted by Gasteiger charge is -2.26. The number of nitrogens with zero attached hydrogens (tertiary/aromatic N) is 1. The number of benzene rings is 1. The van der Waals surface area contributed by atoms with Gasteiger partial charge in [-0.3, -0.25) is 0 Å². The van der Waals surface area contributed by atoms with Crippen LogP contribution in [0.25, 0.3) is 0 Å². The Bertz CT molecular complexity index is 309. The summed E-state index contributed by atoms with van der Waals surface area (Å²) in [7, 11) is 1.69. The van der Waals surface area contributed by atoms with Crippen LogP contribution in [0.2, 0.25) is 0 Å². The van der Waals surface area contributed by atoms with E-state index >= 15 is 0 Å². The predicted molar refractivity (Wildman–Crippen MR) is 73.7 cm³/mol. The van der Waals surface area contributed by atoms with E-state index in [4.69, 9.17) is 10.5 Å². The quantitative estimate of drug-likeness (QED) is 0.790. The van der Waals surface area contributed by atoms with Crippen LogP contribution in [0.3, 0.4) is 0 Å².